The van der Waals surface area contributed by atoms with Crippen LogP contribution in [0, 0.1) is 5.92 Å². The van der Waals surface area contributed by atoms with Gasteiger partial charge in [0, 0.05) is 24.2 Å². The molecule has 0 unspecified atom stereocenters. The number of hydrogen-bond donors (Lipinski definition) is 4. The number of carbonyl (C=O) groups excluding carboxylic acids is 1. The Morgan fingerprint density at radius 1 is 1.05 bits per heavy atom. The Bertz CT molecular complexity index is 1120. The van der Waals surface area contributed by atoms with E-state index in [0.717, 1.165) is 17.5 Å². The molecule has 0 bridgehead atoms. The van der Waals surface area contributed by atoms with Crippen LogP contribution in [-0.4, -0.2) is 43.1 Å². The third-order valence-electron chi connectivity index (χ3n) is 9.18. The predicted octanol–water partition coefficient (Wildman–Crippen LogP) is 6.80. The van der Waals surface area contributed by atoms with Crippen LogP contribution in [0.5, 0.6) is 5.75 Å². The highest BCUT2D eigenvalue weighted by Crippen LogP contribution is 2.40. The van der Waals surface area contributed by atoms with Crippen molar-refractivity contribution >= 4 is 14.2 Å². The number of amides is 1. The summed E-state index contributed by atoms with van der Waals surface area (Å²) in [4.78, 5) is 12.8. The monoisotopic (exact) mass is 582 g/mol. The van der Waals surface area contributed by atoms with Gasteiger partial charge in [-0.3, -0.25) is 4.79 Å². The van der Waals surface area contributed by atoms with Crippen molar-refractivity contribution in [3.05, 3.63) is 64.7 Å². The average molecular weight is 583 g/mol. The summed E-state index contributed by atoms with van der Waals surface area (Å²) in [5.41, 5.74) is 3.70. The minimum Gasteiger partial charge on any atom is -0.508 e. The Hall–Kier alpha value is -2.19. The van der Waals surface area contributed by atoms with Gasteiger partial charge >= 0.3 is 0 Å². The van der Waals surface area contributed by atoms with Gasteiger partial charge in [0.05, 0.1) is 19.1 Å². The molecule has 1 aliphatic rings. The molecule has 0 aliphatic heterocycles. The van der Waals surface area contributed by atoms with E-state index in [2.05, 4.69) is 70.5 Å². The maximum absolute atomic E-state index is 12.8. The molecular formula is C34H54N2O4Si. The van der Waals surface area contributed by atoms with Gasteiger partial charge < -0.3 is 25.3 Å². The van der Waals surface area contributed by atoms with E-state index >= 15 is 0 Å². The molecule has 0 heterocycles. The van der Waals surface area contributed by atoms with Crippen molar-refractivity contribution in [1.29, 1.82) is 0 Å². The molecule has 0 saturated heterocycles. The second-order valence-electron chi connectivity index (χ2n) is 13.7. The van der Waals surface area contributed by atoms with E-state index in [1.807, 2.05) is 24.3 Å². The highest BCUT2D eigenvalue weighted by atomic mass is 28.4. The van der Waals surface area contributed by atoms with Gasteiger partial charge in [-0.2, -0.15) is 0 Å². The van der Waals surface area contributed by atoms with Crippen LogP contribution in [0.25, 0.3) is 0 Å². The first-order valence-electron chi connectivity index (χ1n) is 15.5. The third kappa shape index (κ3) is 9.95. The number of aliphatic hydroxyl groups is 1. The van der Waals surface area contributed by atoms with E-state index in [4.69, 9.17) is 4.43 Å². The average Bonchev–Trinajstić information content (AvgIpc) is 2.91. The molecule has 0 radical (unpaired) electrons. The van der Waals surface area contributed by atoms with Crippen LogP contribution in [0.15, 0.2) is 42.5 Å². The summed E-state index contributed by atoms with van der Waals surface area (Å²) < 4.78 is 6.84. The zero-order valence-corrected chi connectivity index (χ0v) is 27.4. The fourth-order valence-corrected chi connectivity index (χ4v) is 6.82. The number of benzene rings is 2. The first-order chi connectivity index (χ1) is 19.3. The van der Waals surface area contributed by atoms with Gasteiger partial charge in [0.15, 0.2) is 8.32 Å². The van der Waals surface area contributed by atoms with E-state index in [1.165, 1.54) is 37.7 Å². The van der Waals surface area contributed by atoms with Crippen molar-refractivity contribution in [2.75, 3.05) is 6.54 Å². The lowest BCUT2D eigenvalue weighted by atomic mass is 9.84. The van der Waals surface area contributed by atoms with Crippen molar-refractivity contribution in [2.45, 2.75) is 122 Å². The number of aliphatic hydroxyl groups excluding tert-OH is 1. The van der Waals surface area contributed by atoms with E-state index < -0.39 is 8.32 Å². The standard InChI is InChI=1S/C34H54N2O4Si/c1-24(18-26-12-11-13-27(19-26)20-33(39)36-25(2)28-14-9-8-10-15-28)35-22-32(40-41(6,7)34(3,4)5)29-16-17-31(38)30(21-29)23-37/h11-13,16-17,19,21,24-25,28,32,35,37-38H,8-10,14-15,18,20,22-23H2,1-7H3,(H,36,39)/t24-,25+,32+/m1/s1. The lowest BCUT2D eigenvalue weighted by molar-refractivity contribution is -0.121. The highest BCUT2D eigenvalue weighted by molar-refractivity contribution is 6.74. The normalized spacial score (nSPS) is 17.2. The molecule has 0 aromatic heterocycles. The topological polar surface area (TPSA) is 90.8 Å². The molecule has 1 aliphatic carbocycles. The van der Waals surface area contributed by atoms with Crippen molar-refractivity contribution in [2.24, 2.45) is 5.92 Å². The second kappa shape index (κ2) is 14.8. The molecule has 228 valence electrons. The van der Waals surface area contributed by atoms with Crippen molar-refractivity contribution in [3.8, 4) is 5.75 Å². The molecule has 1 saturated carbocycles. The molecule has 0 spiro atoms. The first kappa shape index (κ1) is 33.3. The van der Waals surface area contributed by atoms with Gasteiger partial charge in [-0.15, -0.1) is 0 Å². The number of nitrogens with one attached hydrogen (secondary N) is 2. The van der Waals surface area contributed by atoms with Crippen LogP contribution in [0.2, 0.25) is 18.1 Å². The number of carbonyl (C=O) groups is 1. The Kier molecular flexibility index (Phi) is 12.0. The van der Waals surface area contributed by atoms with E-state index in [0.29, 0.717) is 24.4 Å². The number of rotatable bonds is 13. The molecule has 4 N–H and O–H groups in total. The summed E-state index contributed by atoms with van der Waals surface area (Å²) in [6, 6.07) is 14.2. The van der Waals surface area contributed by atoms with Gasteiger partial charge in [0.25, 0.3) is 0 Å². The molecule has 2 aromatic carbocycles. The lowest BCUT2D eigenvalue weighted by Crippen LogP contribution is -2.44. The minimum absolute atomic E-state index is 0.0501. The first-order valence-corrected chi connectivity index (χ1v) is 18.4. The molecule has 1 fully saturated rings. The number of phenols is 1. The highest BCUT2D eigenvalue weighted by Gasteiger charge is 2.39. The molecule has 3 atom stereocenters. The summed E-state index contributed by atoms with van der Waals surface area (Å²) in [6.45, 7) is 15.9. The zero-order chi connectivity index (χ0) is 30.2. The Balaban J connectivity index is 1.62. The van der Waals surface area contributed by atoms with Crippen molar-refractivity contribution < 1.29 is 19.4 Å². The molecular weight excluding hydrogens is 528 g/mol. The Morgan fingerprint density at radius 2 is 1.73 bits per heavy atom. The molecule has 41 heavy (non-hydrogen) atoms. The second-order valence-corrected chi connectivity index (χ2v) is 18.4. The fraction of sp³-hybridized carbons (Fsp3) is 0.618. The van der Waals surface area contributed by atoms with Crippen LogP contribution in [0.3, 0.4) is 0 Å². The van der Waals surface area contributed by atoms with E-state index in [9.17, 15) is 15.0 Å². The lowest BCUT2D eigenvalue weighted by Gasteiger charge is -2.40. The fourth-order valence-electron chi connectivity index (χ4n) is 5.54. The number of aromatic hydroxyl groups is 1. The minimum atomic E-state index is -2.09. The quantitative estimate of drug-likeness (QED) is 0.195. The maximum Gasteiger partial charge on any atom is 0.224 e. The van der Waals surface area contributed by atoms with Crippen LogP contribution in [0.1, 0.15) is 95.1 Å². The predicted molar refractivity (Wildman–Crippen MR) is 171 cm³/mol. The van der Waals surface area contributed by atoms with E-state index in [-0.39, 0.29) is 41.5 Å². The van der Waals surface area contributed by atoms with Gasteiger partial charge in [0.1, 0.15) is 5.75 Å². The van der Waals surface area contributed by atoms with Gasteiger partial charge in [-0.05, 0) is 86.0 Å². The summed E-state index contributed by atoms with van der Waals surface area (Å²) in [6.07, 6.45) is 7.36. The van der Waals surface area contributed by atoms with Gasteiger partial charge in [-0.25, -0.2) is 0 Å². The third-order valence-corrected chi connectivity index (χ3v) is 13.7. The van der Waals surface area contributed by atoms with Crippen molar-refractivity contribution in [1.82, 2.24) is 10.6 Å². The SMILES string of the molecule is C[C@H](Cc1cccc(CC(=O)N[C@@H](C)C2CCCCC2)c1)NC[C@H](O[Si](C)(C)C(C)(C)C)c1ccc(O)c(CO)c1. The molecule has 3 rings (SSSR count). The van der Waals surface area contributed by atoms with Crippen LogP contribution in [-0.2, 0) is 28.7 Å². The molecule has 7 heteroatoms. The van der Waals surface area contributed by atoms with Crippen LogP contribution >= 0.6 is 0 Å². The smallest absolute Gasteiger partial charge is 0.224 e. The van der Waals surface area contributed by atoms with Crippen LogP contribution < -0.4 is 10.6 Å². The summed E-state index contributed by atoms with van der Waals surface area (Å²) in [7, 11) is -2.09. The van der Waals surface area contributed by atoms with Crippen molar-refractivity contribution in [3.63, 3.8) is 0 Å². The number of hydrogen-bond acceptors (Lipinski definition) is 5. The molecule has 2 aromatic rings. The summed E-state index contributed by atoms with van der Waals surface area (Å²) in [5, 5.41) is 26.8. The molecule has 6 nitrogen and oxygen atoms in total. The Labute approximate surface area is 249 Å². The van der Waals surface area contributed by atoms with E-state index in [1.54, 1.807) is 6.07 Å². The molecule has 1 amide bonds. The van der Waals surface area contributed by atoms with Gasteiger partial charge in [0.2, 0.25) is 5.91 Å². The zero-order valence-electron chi connectivity index (χ0n) is 26.4. The Morgan fingerprint density at radius 3 is 2.39 bits per heavy atom. The maximum atomic E-state index is 12.8. The largest absolute Gasteiger partial charge is 0.508 e. The van der Waals surface area contributed by atoms with Gasteiger partial charge in [-0.1, -0.05) is 70.4 Å². The summed E-state index contributed by atoms with van der Waals surface area (Å²) in [5.74, 6) is 0.807. The summed E-state index contributed by atoms with van der Waals surface area (Å²) >= 11 is 0. The van der Waals surface area contributed by atoms with Crippen LogP contribution in [0.4, 0.5) is 0 Å².